The molecule has 0 spiro atoms. The van der Waals surface area contributed by atoms with E-state index in [9.17, 15) is 0 Å². The maximum Gasteiger partial charge on any atom is 0.0694 e. The summed E-state index contributed by atoms with van der Waals surface area (Å²) in [6.07, 6.45) is 5.65. The van der Waals surface area contributed by atoms with Gasteiger partial charge in [0.05, 0.1) is 22.8 Å². The van der Waals surface area contributed by atoms with Crippen LogP contribution in [0.5, 0.6) is 0 Å². The number of hydrogen-bond acceptors (Lipinski definition) is 4. The summed E-state index contributed by atoms with van der Waals surface area (Å²) < 4.78 is 10.8. The number of fused-ring (bicyclic) bond motifs is 8. The number of H-pyrrole nitrogens is 2. The Hall–Kier alpha value is -3.48. The molecule has 5 heterocycles. The van der Waals surface area contributed by atoms with Crippen molar-refractivity contribution in [3.05, 3.63) is 69.3 Å². The average molecular weight is 567 g/mol. The van der Waals surface area contributed by atoms with Crippen molar-refractivity contribution in [2.75, 3.05) is 27.4 Å². The lowest BCUT2D eigenvalue weighted by molar-refractivity contribution is 0.196. The van der Waals surface area contributed by atoms with Gasteiger partial charge in [0.15, 0.2) is 0 Å². The van der Waals surface area contributed by atoms with E-state index in [-0.39, 0.29) is 0 Å². The molecular formula is C36H46N4O2. The zero-order valence-electron chi connectivity index (χ0n) is 26.7. The van der Waals surface area contributed by atoms with Gasteiger partial charge in [-0.15, -0.1) is 0 Å². The summed E-state index contributed by atoms with van der Waals surface area (Å²) in [5, 5.41) is 0. The lowest BCUT2D eigenvalue weighted by Gasteiger charge is -2.06. The fraction of sp³-hybridized carbons (Fsp3) is 0.444. The number of aromatic amines is 2. The molecule has 6 heteroatoms. The molecule has 0 radical (unpaired) electrons. The highest BCUT2D eigenvalue weighted by Crippen LogP contribution is 2.38. The smallest absolute Gasteiger partial charge is 0.0694 e. The molecule has 8 bridgehead atoms. The summed E-state index contributed by atoms with van der Waals surface area (Å²) in [7, 11) is 3.53. The zero-order valence-corrected chi connectivity index (χ0v) is 26.7. The molecule has 0 aliphatic carbocycles. The van der Waals surface area contributed by atoms with E-state index in [1.807, 2.05) is 0 Å². The molecule has 0 atom stereocenters. The van der Waals surface area contributed by atoms with Crippen molar-refractivity contribution in [1.82, 2.24) is 19.9 Å². The Bertz CT molecular complexity index is 1590. The molecule has 6 nitrogen and oxygen atoms in total. The highest BCUT2D eigenvalue weighted by Gasteiger charge is 2.21. The number of nitrogens with zero attached hydrogens (tertiary/aromatic N) is 2. The molecule has 0 fully saturated rings. The summed E-state index contributed by atoms with van der Waals surface area (Å²) in [5.41, 5.74) is 18.9. The maximum absolute atomic E-state index is 5.41. The molecule has 3 aromatic heterocycles. The van der Waals surface area contributed by atoms with Crippen LogP contribution in [0, 0.1) is 13.8 Å². The minimum atomic E-state index is 0.726. The summed E-state index contributed by atoms with van der Waals surface area (Å²) in [6, 6.07) is 8.98. The van der Waals surface area contributed by atoms with E-state index in [1.54, 1.807) is 14.2 Å². The Kier molecular flexibility index (Phi) is 9.14. The Balaban J connectivity index is 1.88. The van der Waals surface area contributed by atoms with Gasteiger partial charge in [0.1, 0.15) is 0 Å². The van der Waals surface area contributed by atoms with Crippen LogP contribution < -0.4 is 0 Å². The topological polar surface area (TPSA) is 75.8 Å². The number of aromatic nitrogens is 4. The molecule has 5 rings (SSSR count). The van der Waals surface area contributed by atoms with Gasteiger partial charge in [-0.3, -0.25) is 0 Å². The van der Waals surface area contributed by atoms with Crippen molar-refractivity contribution in [1.29, 1.82) is 0 Å². The maximum atomic E-state index is 5.41. The Morgan fingerprint density at radius 3 is 1.38 bits per heavy atom. The average Bonchev–Trinajstić information content (AvgIpc) is 3.63. The van der Waals surface area contributed by atoms with Gasteiger partial charge in [-0.1, -0.05) is 13.8 Å². The first kappa shape index (κ1) is 30.0. The second-order valence-corrected chi connectivity index (χ2v) is 11.6. The van der Waals surface area contributed by atoms with Gasteiger partial charge in [-0.25, -0.2) is 9.97 Å². The molecule has 0 unspecified atom stereocenters. The van der Waals surface area contributed by atoms with Gasteiger partial charge < -0.3 is 19.4 Å². The predicted octanol–water partition coefficient (Wildman–Crippen LogP) is 8.77. The van der Waals surface area contributed by atoms with E-state index in [0.29, 0.717) is 0 Å². The van der Waals surface area contributed by atoms with Gasteiger partial charge in [0.25, 0.3) is 0 Å². The molecule has 0 saturated carbocycles. The van der Waals surface area contributed by atoms with Gasteiger partial charge in [0, 0.05) is 49.5 Å². The zero-order chi connectivity index (χ0) is 30.0. The second-order valence-electron chi connectivity index (χ2n) is 11.6. The molecule has 0 aromatic carbocycles. The highest BCUT2D eigenvalue weighted by atomic mass is 16.5. The first-order valence-electron chi connectivity index (χ1n) is 15.4. The van der Waals surface area contributed by atoms with Crippen LogP contribution in [0.25, 0.3) is 44.4 Å². The van der Waals surface area contributed by atoms with Crippen LogP contribution >= 0.6 is 0 Å². The molecule has 2 aliphatic rings. The largest absolute Gasteiger partial charge is 0.385 e. The quantitative estimate of drug-likeness (QED) is 0.241. The Morgan fingerprint density at radius 1 is 0.571 bits per heavy atom. The van der Waals surface area contributed by atoms with Crippen LogP contribution in [-0.4, -0.2) is 47.4 Å². The summed E-state index contributed by atoms with van der Waals surface area (Å²) in [4.78, 5) is 18.0. The van der Waals surface area contributed by atoms with Gasteiger partial charge in [-0.05, 0) is 135 Å². The first-order chi connectivity index (χ1) is 20.3. The highest BCUT2D eigenvalue weighted by molar-refractivity contribution is 5.95. The molecule has 3 aromatic rings. The minimum Gasteiger partial charge on any atom is -0.385 e. The molecule has 2 aliphatic heterocycles. The summed E-state index contributed by atoms with van der Waals surface area (Å²) in [6.45, 7) is 14.8. The van der Waals surface area contributed by atoms with E-state index in [4.69, 9.17) is 19.4 Å². The number of ether oxygens (including phenoxy) is 2. The number of allylic oxidation sites excluding steroid dienone is 4. The van der Waals surface area contributed by atoms with Crippen LogP contribution in [-0.2, 0) is 22.3 Å². The van der Waals surface area contributed by atoms with Crippen LogP contribution in [0.15, 0.2) is 24.3 Å². The van der Waals surface area contributed by atoms with Crippen LogP contribution in [0.1, 0.15) is 98.4 Å². The van der Waals surface area contributed by atoms with Crippen LogP contribution in [0.4, 0.5) is 0 Å². The molecular weight excluding hydrogens is 520 g/mol. The Labute approximate surface area is 250 Å². The third-order valence-corrected chi connectivity index (χ3v) is 9.06. The molecule has 0 amide bonds. The van der Waals surface area contributed by atoms with E-state index in [2.05, 4.69) is 75.8 Å². The fourth-order valence-electron chi connectivity index (χ4n) is 6.54. The van der Waals surface area contributed by atoms with Crippen LogP contribution in [0.3, 0.4) is 0 Å². The summed E-state index contributed by atoms with van der Waals surface area (Å²) in [5.74, 6) is 0. The van der Waals surface area contributed by atoms with Crippen molar-refractivity contribution in [2.24, 2.45) is 0 Å². The van der Waals surface area contributed by atoms with E-state index < -0.39 is 0 Å². The monoisotopic (exact) mass is 566 g/mol. The fourth-order valence-corrected chi connectivity index (χ4v) is 6.54. The SMILES string of the molecule is CCc1c(C)c2cc3nc(cc4nc(cc5[nH]c(cc1[nH]2)c(CC)c5C)C(C)=C4CCCOC)C(CCCOC)=C3C. The Morgan fingerprint density at radius 2 is 1.00 bits per heavy atom. The molecule has 2 N–H and O–H groups in total. The van der Waals surface area contributed by atoms with E-state index in [0.717, 1.165) is 96.6 Å². The third-order valence-electron chi connectivity index (χ3n) is 9.06. The van der Waals surface area contributed by atoms with Crippen molar-refractivity contribution in [3.8, 4) is 0 Å². The number of aryl methyl sites for hydroxylation is 4. The number of nitrogens with one attached hydrogen (secondary N) is 2. The van der Waals surface area contributed by atoms with Crippen LogP contribution in [0.2, 0.25) is 0 Å². The second kappa shape index (κ2) is 12.8. The molecule has 42 heavy (non-hydrogen) atoms. The van der Waals surface area contributed by atoms with Gasteiger partial charge >= 0.3 is 0 Å². The van der Waals surface area contributed by atoms with E-state index in [1.165, 1.54) is 44.5 Å². The van der Waals surface area contributed by atoms with Gasteiger partial charge in [-0.2, -0.15) is 0 Å². The number of methoxy groups -OCH3 is 2. The predicted molar refractivity (Wildman–Crippen MR) is 176 cm³/mol. The van der Waals surface area contributed by atoms with E-state index >= 15 is 0 Å². The lowest BCUT2D eigenvalue weighted by atomic mass is 9.98. The van der Waals surface area contributed by atoms with Crippen molar-refractivity contribution >= 4 is 44.4 Å². The third kappa shape index (κ3) is 5.62. The van der Waals surface area contributed by atoms with Crippen molar-refractivity contribution < 1.29 is 9.47 Å². The summed E-state index contributed by atoms with van der Waals surface area (Å²) >= 11 is 0. The number of rotatable bonds is 10. The minimum absolute atomic E-state index is 0.726. The molecule has 0 saturated heterocycles. The first-order valence-corrected chi connectivity index (χ1v) is 15.4. The molecule has 222 valence electrons. The van der Waals surface area contributed by atoms with Crippen molar-refractivity contribution in [2.45, 2.75) is 80.1 Å². The lowest BCUT2D eigenvalue weighted by Crippen LogP contribution is -1.93. The van der Waals surface area contributed by atoms with Crippen molar-refractivity contribution in [3.63, 3.8) is 0 Å². The normalized spacial score (nSPS) is 13.5. The standard InChI is InChI=1S/C36H46N4O2/c1-9-25-21(3)29-17-31-23(5)27(13-11-15-41-7)35(39-31)20-36-28(14-12-16-42-8)24(6)32(40-36)18-30-22(4)26(10-2)34(38-30)19-33(25)37-29/h17-20,37-38H,9-16H2,1-8H3. The number of hydrogen-bond donors (Lipinski definition) is 2. The van der Waals surface area contributed by atoms with Gasteiger partial charge in [0.2, 0.25) is 0 Å².